The highest BCUT2D eigenvalue weighted by molar-refractivity contribution is 7.89. The molecule has 3 rings (SSSR count). The average Bonchev–Trinajstić information content (AvgIpc) is 2.87. The van der Waals surface area contributed by atoms with Crippen LogP contribution in [0.1, 0.15) is 30.4 Å². The Kier molecular flexibility index (Phi) is 3.84. The molecule has 0 saturated carbocycles. The first kappa shape index (κ1) is 15.0. The number of hydrogen-bond acceptors (Lipinski definition) is 3. The van der Waals surface area contributed by atoms with Gasteiger partial charge in [0.2, 0.25) is 10.0 Å². The van der Waals surface area contributed by atoms with E-state index in [9.17, 15) is 8.42 Å². The molecule has 1 aromatic rings. The molecule has 116 valence electrons. The van der Waals surface area contributed by atoms with Crippen LogP contribution in [0.3, 0.4) is 0 Å². The largest absolute Gasteiger partial charge is 0.317 e. The molecule has 1 spiro atoms. The van der Waals surface area contributed by atoms with Gasteiger partial charge >= 0.3 is 0 Å². The van der Waals surface area contributed by atoms with Gasteiger partial charge in [0.1, 0.15) is 0 Å². The van der Waals surface area contributed by atoms with Crippen molar-refractivity contribution < 1.29 is 8.42 Å². The molecule has 21 heavy (non-hydrogen) atoms. The lowest BCUT2D eigenvalue weighted by Gasteiger charge is -2.33. The van der Waals surface area contributed by atoms with Gasteiger partial charge in [-0.2, -0.15) is 4.31 Å². The molecular weight excluding hydrogens is 284 g/mol. The number of nitrogens with zero attached hydrogens (tertiary/aromatic N) is 1. The van der Waals surface area contributed by atoms with Crippen molar-refractivity contribution in [1.82, 2.24) is 9.62 Å². The van der Waals surface area contributed by atoms with E-state index in [-0.39, 0.29) is 5.41 Å². The zero-order chi connectivity index (χ0) is 15.1. The molecule has 0 bridgehead atoms. The Labute approximate surface area is 127 Å². The second kappa shape index (κ2) is 5.38. The lowest BCUT2D eigenvalue weighted by atomic mass is 9.78. The Hall–Kier alpha value is -0.910. The summed E-state index contributed by atoms with van der Waals surface area (Å²) in [5.74, 6) is 0. The summed E-state index contributed by atoms with van der Waals surface area (Å²) in [6.07, 6.45) is 3.18. The van der Waals surface area contributed by atoms with Gasteiger partial charge in [0, 0.05) is 13.1 Å². The zero-order valence-corrected chi connectivity index (χ0v) is 13.7. The fraction of sp³-hybridized carbons (Fsp3) is 0.625. The molecule has 2 heterocycles. The van der Waals surface area contributed by atoms with Crippen molar-refractivity contribution in [2.24, 2.45) is 5.41 Å². The summed E-state index contributed by atoms with van der Waals surface area (Å²) >= 11 is 0. The van der Waals surface area contributed by atoms with Crippen LogP contribution in [-0.4, -0.2) is 38.9 Å². The predicted molar refractivity (Wildman–Crippen MR) is 83.8 cm³/mol. The summed E-state index contributed by atoms with van der Waals surface area (Å²) in [4.78, 5) is 0.480. The first-order chi connectivity index (χ1) is 9.93. The Morgan fingerprint density at radius 3 is 2.57 bits per heavy atom. The second-order valence-electron chi connectivity index (χ2n) is 6.61. The minimum atomic E-state index is -3.35. The third-order valence-electron chi connectivity index (χ3n) is 5.03. The van der Waals surface area contributed by atoms with Crippen molar-refractivity contribution in [2.75, 3.05) is 26.2 Å². The van der Waals surface area contributed by atoms with Gasteiger partial charge in [-0.05, 0) is 68.8 Å². The lowest BCUT2D eigenvalue weighted by Crippen LogP contribution is -2.39. The summed E-state index contributed by atoms with van der Waals surface area (Å²) in [7, 11) is -3.35. The Balaban J connectivity index is 1.88. The topological polar surface area (TPSA) is 49.4 Å². The summed E-state index contributed by atoms with van der Waals surface area (Å²) in [6.45, 7) is 7.19. The molecular formula is C16H24N2O2S. The van der Waals surface area contributed by atoms with Gasteiger partial charge in [-0.3, -0.25) is 0 Å². The van der Waals surface area contributed by atoms with E-state index in [4.69, 9.17) is 0 Å². The normalized spacial score (nSPS) is 22.8. The van der Waals surface area contributed by atoms with Crippen LogP contribution in [-0.2, 0) is 10.0 Å². The summed E-state index contributed by atoms with van der Waals surface area (Å²) < 4.78 is 27.6. The van der Waals surface area contributed by atoms with Gasteiger partial charge in [-0.1, -0.05) is 12.1 Å². The van der Waals surface area contributed by atoms with E-state index < -0.39 is 10.0 Å². The molecule has 0 unspecified atom stereocenters. The molecule has 0 aromatic heterocycles. The number of hydrogen-bond donors (Lipinski definition) is 1. The third-order valence-corrected chi connectivity index (χ3v) is 7.02. The van der Waals surface area contributed by atoms with E-state index in [1.165, 1.54) is 0 Å². The molecule has 0 amide bonds. The molecule has 2 saturated heterocycles. The van der Waals surface area contributed by atoms with Crippen LogP contribution in [0, 0.1) is 19.3 Å². The first-order valence-electron chi connectivity index (χ1n) is 7.71. The van der Waals surface area contributed by atoms with Crippen molar-refractivity contribution >= 4 is 10.0 Å². The molecule has 5 heteroatoms. The maximum Gasteiger partial charge on any atom is 0.243 e. The van der Waals surface area contributed by atoms with Crippen LogP contribution in [0.25, 0.3) is 0 Å². The molecule has 2 fully saturated rings. The van der Waals surface area contributed by atoms with E-state index in [1.807, 2.05) is 26.0 Å². The van der Waals surface area contributed by atoms with Crippen molar-refractivity contribution in [3.63, 3.8) is 0 Å². The SMILES string of the molecule is Cc1ccc(C)c(S(=O)(=O)N2CCC3(CCNCC3)C2)c1. The molecule has 0 radical (unpaired) electrons. The highest BCUT2D eigenvalue weighted by Gasteiger charge is 2.43. The van der Waals surface area contributed by atoms with Crippen molar-refractivity contribution in [3.05, 3.63) is 29.3 Å². The van der Waals surface area contributed by atoms with Gasteiger partial charge in [-0.15, -0.1) is 0 Å². The minimum absolute atomic E-state index is 0.204. The van der Waals surface area contributed by atoms with E-state index in [1.54, 1.807) is 10.4 Å². The second-order valence-corrected chi connectivity index (χ2v) is 8.51. The Bertz CT molecular complexity index is 634. The Morgan fingerprint density at radius 2 is 1.86 bits per heavy atom. The average molecular weight is 308 g/mol. The van der Waals surface area contributed by atoms with Gasteiger partial charge < -0.3 is 5.32 Å². The zero-order valence-electron chi connectivity index (χ0n) is 12.9. The highest BCUT2D eigenvalue weighted by atomic mass is 32.2. The van der Waals surface area contributed by atoms with Crippen LogP contribution in [0.2, 0.25) is 0 Å². The molecule has 2 aliphatic rings. The van der Waals surface area contributed by atoms with Crippen LogP contribution < -0.4 is 5.32 Å². The van der Waals surface area contributed by atoms with Crippen molar-refractivity contribution in [3.8, 4) is 0 Å². The maximum absolute atomic E-state index is 12.9. The van der Waals surface area contributed by atoms with E-state index in [0.29, 0.717) is 18.0 Å². The molecule has 0 aliphatic carbocycles. The number of aryl methyl sites for hydroxylation is 2. The van der Waals surface area contributed by atoms with Crippen molar-refractivity contribution in [2.45, 2.75) is 38.0 Å². The lowest BCUT2D eigenvalue weighted by molar-refractivity contribution is 0.218. The number of sulfonamides is 1. The highest BCUT2D eigenvalue weighted by Crippen LogP contribution is 2.40. The molecule has 1 aromatic carbocycles. The Morgan fingerprint density at radius 1 is 1.14 bits per heavy atom. The first-order valence-corrected chi connectivity index (χ1v) is 9.15. The van der Waals surface area contributed by atoms with Crippen LogP contribution in [0.4, 0.5) is 0 Å². The van der Waals surface area contributed by atoms with E-state index >= 15 is 0 Å². The number of rotatable bonds is 2. The van der Waals surface area contributed by atoms with Gasteiger partial charge in [0.25, 0.3) is 0 Å². The van der Waals surface area contributed by atoms with Gasteiger partial charge in [-0.25, -0.2) is 8.42 Å². The van der Waals surface area contributed by atoms with E-state index in [2.05, 4.69) is 5.32 Å². The third kappa shape index (κ3) is 2.74. The summed E-state index contributed by atoms with van der Waals surface area (Å²) in [5, 5.41) is 3.37. The quantitative estimate of drug-likeness (QED) is 0.910. The van der Waals surface area contributed by atoms with Crippen LogP contribution >= 0.6 is 0 Å². The molecule has 4 nitrogen and oxygen atoms in total. The molecule has 1 N–H and O–H groups in total. The fourth-order valence-corrected chi connectivity index (χ4v) is 5.45. The minimum Gasteiger partial charge on any atom is -0.317 e. The van der Waals surface area contributed by atoms with Crippen molar-refractivity contribution in [1.29, 1.82) is 0 Å². The van der Waals surface area contributed by atoms with Gasteiger partial charge in [0.15, 0.2) is 0 Å². The van der Waals surface area contributed by atoms with Gasteiger partial charge in [0.05, 0.1) is 4.90 Å². The molecule has 2 aliphatic heterocycles. The number of nitrogens with one attached hydrogen (secondary N) is 1. The van der Waals surface area contributed by atoms with Crippen LogP contribution in [0.5, 0.6) is 0 Å². The summed E-state index contributed by atoms with van der Waals surface area (Å²) in [6, 6.07) is 5.67. The standard InChI is InChI=1S/C16H24N2O2S/c1-13-3-4-14(2)15(11-13)21(19,20)18-10-7-16(12-18)5-8-17-9-6-16/h3-4,11,17H,5-10,12H2,1-2H3. The number of benzene rings is 1. The smallest absolute Gasteiger partial charge is 0.243 e. The van der Waals surface area contributed by atoms with E-state index in [0.717, 1.165) is 43.5 Å². The predicted octanol–water partition coefficient (Wildman–Crippen LogP) is 2.07. The summed E-state index contributed by atoms with van der Waals surface area (Å²) in [5.41, 5.74) is 2.04. The molecule has 0 atom stereocenters. The monoisotopic (exact) mass is 308 g/mol. The number of piperidine rings is 1. The maximum atomic E-state index is 12.9. The van der Waals surface area contributed by atoms with Crippen LogP contribution in [0.15, 0.2) is 23.1 Å². The fourth-order valence-electron chi connectivity index (χ4n) is 3.59.